The minimum absolute atomic E-state index is 0.147. The summed E-state index contributed by atoms with van der Waals surface area (Å²) in [6.07, 6.45) is 7.39. The number of hydrogen-bond acceptors (Lipinski definition) is 7. The molecule has 5 rings (SSSR count). The highest BCUT2D eigenvalue weighted by molar-refractivity contribution is 6.00. The van der Waals surface area contributed by atoms with Crippen molar-refractivity contribution in [2.24, 2.45) is 0 Å². The molecule has 0 saturated carbocycles. The average Bonchev–Trinajstić information content (AvgIpc) is 3.17. The van der Waals surface area contributed by atoms with Gasteiger partial charge in [0.15, 0.2) is 11.4 Å². The van der Waals surface area contributed by atoms with Crippen molar-refractivity contribution in [3.8, 4) is 18.1 Å². The Morgan fingerprint density at radius 3 is 2.85 bits per heavy atom. The molecular formula is C25H24FN5O3. The molecule has 0 aliphatic carbocycles. The first-order valence-electron chi connectivity index (χ1n) is 11.0. The number of hydrogen-bond donors (Lipinski definition) is 1. The van der Waals surface area contributed by atoms with E-state index in [9.17, 15) is 9.18 Å². The standard InChI is InChI=1S/C25H24FN5O3/c1-4-9-30-12-25(13-30)14-31(24(32)34-25)20-10-17-19(11-21(20)33-3)27-15-28-23(17)29-18-8-6-7-16(5-2)22(18)26/h2,6-8,10-11,15H,4,9,12-14H2,1,3H3,(H,27,28,29). The summed E-state index contributed by atoms with van der Waals surface area (Å²) in [5.74, 6) is 2.64. The van der Waals surface area contributed by atoms with Gasteiger partial charge >= 0.3 is 6.09 Å². The van der Waals surface area contributed by atoms with Crippen LogP contribution in [0.15, 0.2) is 36.7 Å². The highest BCUT2D eigenvalue weighted by Crippen LogP contribution is 2.41. The van der Waals surface area contributed by atoms with E-state index in [4.69, 9.17) is 15.9 Å². The molecule has 2 fully saturated rings. The van der Waals surface area contributed by atoms with Gasteiger partial charge in [-0.1, -0.05) is 18.9 Å². The van der Waals surface area contributed by atoms with Crippen molar-refractivity contribution in [1.29, 1.82) is 0 Å². The molecule has 2 aliphatic rings. The molecule has 2 aliphatic heterocycles. The lowest BCUT2D eigenvalue weighted by Gasteiger charge is -2.45. The molecule has 3 aromatic rings. The van der Waals surface area contributed by atoms with Gasteiger partial charge in [0.2, 0.25) is 0 Å². The Morgan fingerprint density at radius 2 is 2.12 bits per heavy atom. The summed E-state index contributed by atoms with van der Waals surface area (Å²) in [5, 5.41) is 3.61. The number of benzene rings is 2. The number of halogens is 1. The van der Waals surface area contributed by atoms with Gasteiger partial charge in [0, 0.05) is 24.5 Å². The molecule has 1 amide bonds. The number of nitrogens with one attached hydrogen (secondary N) is 1. The van der Waals surface area contributed by atoms with Gasteiger partial charge < -0.3 is 14.8 Å². The molecule has 1 spiro atoms. The highest BCUT2D eigenvalue weighted by atomic mass is 19.1. The summed E-state index contributed by atoms with van der Waals surface area (Å²) in [7, 11) is 1.54. The number of amides is 1. The Balaban J connectivity index is 1.51. The molecule has 34 heavy (non-hydrogen) atoms. The summed E-state index contributed by atoms with van der Waals surface area (Å²) in [4.78, 5) is 25.3. The number of terminal acetylenes is 1. The van der Waals surface area contributed by atoms with Crippen LogP contribution in [-0.2, 0) is 4.74 Å². The Labute approximate surface area is 196 Å². The minimum Gasteiger partial charge on any atom is -0.494 e. The van der Waals surface area contributed by atoms with Gasteiger partial charge in [0.1, 0.15) is 17.9 Å². The summed E-state index contributed by atoms with van der Waals surface area (Å²) in [6, 6.07) is 8.27. The zero-order valence-corrected chi connectivity index (χ0v) is 19.0. The maximum atomic E-state index is 14.7. The van der Waals surface area contributed by atoms with Gasteiger partial charge in [-0.3, -0.25) is 9.80 Å². The first-order chi connectivity index (χ1) is 16.5. The SMILES string of the molecule is C#Cc1cccc(Nc2ncnc3cc(OC)c(N4CC5(CN(CCC)C5)OC4=O)cc23)c1F. The van der Waals surface area contributed by atoms with Gasteiger partial charge in [-0.15, -0.1) is 6.42 Å². The fraction of sp³-hybridized carbons (Fsp3) is 0.320. The van der Waals surface area contributed by atoms with Crippen LogP contribution in [0.25, 0.3) is 10.9 Å². The number of nitrogens with zero attached hydrogens (tertiary/aromatic N) is 4. The predicted octanol–water partition coefficient (Wildman–Crippen LogP) is 3.92. The van der Waals surface area contributed by atoms with E-state index in [2.05, 4.69) is 33.0 Å². The van der Waals surface area contributed by atoms with Crippen molar-refractivity contribution in [2.75, 3.05) is 43.5 Å². The van der Waals surface area contributed by atoms with Gasteiger partial charge in [-0.25, -0.2) is 19.2 Å². The number of anilines is 3. The van der Waals surface area contributed by atoms with Gasteiger partial charge in [-0.05, 0) is 31.2 Å². The van der Waals surface area contributed by atoms with E-state index in [1.54, 1.807) is 29.2 Å². The fourth-order valence-electron chi connectivity index (χ4n) is 4.63. The second-order valence-corrected chi connectivity index (χ2v) is 8.55. The molecule has 174 valence electrons. The lowest BCUT2D eigenvalue weighted by Crippen LogP contribution is -2.63. The number of fused-ring (bicyclic) bond motifs is 1. The number of aromatic nitrogens is 2. The third-order valence-electron chi connectivity index (χ3n) is 6.17. The molecule has 0 unspecified atom stereocenters. The van der Waals surface area contributed by atoms with E-state index >= 15 is 0 Å². The van der Waals surface area contributed by atoms with E-state index in [0.29, 0.717) is 47.8 Å². The van der Waals surface area contributed by atoms with Crippen LogP contribution in [0.3, 0.4) is 0 Å². The van der Waals surface area contributed by atoms with Crippen LogP contribution in [0.5, 0.6) is 5.75 Å². The quantitative estimate of drug-likeness (QED) is 0.558. The largest absolute Gasteiger partial charge is 0.494 e. The first kappa shape index (κ1) is 21.9. The monoisotopic (exact) mass is 461 g/mol. The van der Waals surface area contributed by atoms with Crippen LogP contribution in [0.2, 0.25) is 0 Å². The molecule has 9 heteroatoms. The summed E-state index contributed by atoms with van der Waals surface area (Å²) in [6.45, 7) is 4.94. The Bertz CT molecular complexity index is 1320. The van der Waals surface area contributed by atoms with E-state index in [0.717, 1.165) is 13.0 Å². The summed E-state index contributed by atoms with van der Waals surface area (Å²) < 4.78 is 26.1. The second-order valence-electron chi connectivity index (χ2n) is 8.55. The normalized spacial score (nSPS) is 16.9. The number of carbonyl (C=O) groups is 1. The minimum atomic E-state index is -0.544. The maximum Gasteiger partial charge on any atom is 0.415 e. The molecule has 0 bridgehead atoms. The van der Waals surface area contributed by atoms with Gasteiger partial charge in [0.05, 0.1) is 36.1 Å². The van der Waals surface area contributed by atoms with Crippen LogP contribution in [0.4, 0.5) is 26.4 Å². The zero-order chi connectivity index (χ0) is 23.9. The van der Waals surface area contributed by atoms with E-state index in [-0.39, 0.29) is 11.3 Å². The molecule has 3 heterocycles. The van der Waals surface area contributed by atoms with Crippen LogP contribution >= 0.6 is 0 Å². The Kier molecular flexibility index (Phi) is 5.46. The molecule has 2 saturated heterocycles. The molecule has 8 nitrogen and oxygen atoms in total. The predicted molar refractivity (Wildman–Crippen MR) is 127 cm³/mol. The van der Waals surface area contributed by atoms with Crippen molar-refractivity contribution >= 4 is 34.2 Å². The molecular weight excluding hydrogens is 437 g/mol. The van der Waals surface area contributed by atoms with Crippen molar-refractivity contribution < 1.29 is 18.7 Å². The van der Waals surface area contributed by atoms with Gasteiger partial charge in [-0.2, -0.15) is 0 Å². The van der Waals surface area contributed by atoms with Crippen LogP contribution < -0.4 is 15.0 Å². The number of ether oxygens (including phenoxy) is 2. The third-order valence-corrected chi connectivity index (χ3v) is 6.17. The van der Waals surface area contributed by atoms with Gasteiger partial charge in [0.25, 0.3) is 0 Å². The summed E-state index contributed by atoms with van der Waals surface area (Å²) >= 11 is 0. The lowest BCUT2D eigenvalue weighted by molar-refractivity contribution is -0.0720. The third kappa shape index (κ3) is 3.66. The smallest absolute Gasteiger partial charge is 0.415 e. The topological polar surface area (TPSA) is 79.8 Å². The number of carbonyl (C=O) groups excluding carboxylic acids is 1. The van der Waals surface area contributed by atoms with E-state index in [1.165, 1.54) is 19.5 Å². The molecule has 1 aromatic heterocycles. The Hall–Kier alpha value is -3.90. The lowest BCUT2D eigenvalue weighted by atomic mass is 9.93. The number of likely N-dealkylation sites (tertiary alicyclic amines) is 1. The molecule has 2 aromatic carbocycles. The van der Waals surface area contributed by atoms with Crippen LogP contribution in [0.1, 0.15) is 18.9 Å². The number of methoxy groups -OCH3 is 1. The van der Waals surface area contributed by atoms with E-state index in [1.807, 2.05) is 0 Å². The molecule has 1 N–H and O–H groups in total. The second kappa shape index (κ2) is 8.47. The maximum absolute atomic E-state index is 14.7. The molecule has 0 atom stereocenters. The van der Waals surface area contributed by atoms with Crippen molar-refractivity contribution in [3.63, 3.8) is 0 Å². The van der Waals surface area contributed by atoms with Crippen LogP contribution in [-0.4, -0.2) is 59.9 Å². The van der Waals surface area contributed by atoms with Crippen molar-refractivity contribution in [2.45, 2.75) is 18.9 Å². The van der Waals surface area contributed by atoms with Crippen LogP contribution in [0, 0.1) is 18.2 Å². The van der Waals surface area contributed by atoms with E-state index < -0.39 is 17.5 Å². The number of rotatable bonds is 6. The highest BCUT2D eigenvalue weighted by Gasteiger charge is 2.54. The zero-order valence-electron chi connectivity index (χ0n) is 19.0. The molecule has 0 radical (unpaired) electrons. The van der Waals surface area contributed by atoms with Crippen molar-refractivity contribution in [1.82, 2.24) is 14.9 Å². The fourth-order valence-corrected chi connectivity index (χ4v) is 4.63. The first-order valence-corrected chi connectivity index (χ1v) is 11.0. The summed E-state index contributed by atoms with van der Waals surface area (Å²) in [5.41, 5.74) is 0.943. The average molecular weight is 461 g/mol. The van der Waals surface area contributed by atoms with Crippen molar-refractivity contribution in [3.05, 3.63) is 48.0 Å². The Morgan fingerprint density at radius 1 is 1.29 bits per heavy atom.